The van der Waals surface area contributed by atoms with Crippen LogP contribution in [0.4, 0.5) is 0 Å². The largest absolute Gasteiger partial charge is 0.486 e. The van der Waals surface area contributed by atoms with Gasteiger partial charge in [-0.05, 0) is 36.0 Å². The van der Waals surface area contributed by atoms with Gasteiger partial charge < -0.3 is 15.2 Å². The van der Waals surface area contributed by atoms with Gasteiger partial charge in [0.15, 0.2) is 11.5 Å². The third-order valence-corrected chi connectivity index (χ3v) is 5.10. The average Bonchev–Trinajstić information content (AvgIpc) is 2.83. The van der Waals surface area contributed by atoms with Crippen molar-refractivity contribution in [3.63, 3.8) is 0 Å². The molecule has 2 aliphatic rings. The summed E-state index contributed by atoms with van der Waals surface area (Å²) in [4.78, 5) is 0. The van der Waals surface area contributed by atoms with Crippen LogP contribution in [0.3, 0.4) is 0 Å². The number of benzene rings is 1. The van der Waals surface area contributed by atoms with Gasteiger partial charge in [0.2, 0.25) is 0 Å². The standard InChI is InChI=1S/C15H20BrNO2/c1-9-3-2-4-10(9)15(17)11-7-13-14(8-12(11)16)19-6-5-18-13/h7-10,15H,2-6,17H2,1H3. The Morgan fingerprint density at radius 3 is 2.53 bits per heavy atom. The normalized spacial score (nSPS) is 27.3. The maximum atomic E-state index is 6.50. The van der Waals surface area contributed by atoms with Crippen LogP contribution < -0.4 is 15.2 Å². The highest BCUT2D eigenvalue weighted by Crippen LogP contribution is 2.44. The number of halogens is 1. The van der Waals surface area contributed by atoms with E-state index in [0.717, 1.165) is 21.5 Å². The minimum atomic E-state index is 0.0719. The van der Waals surface area contributed by atoms with E-state index >= 15 is 0 Å². The molecule has 19 heavy (non-hydrogen) atoms. The maximum Gasteiger partial charge on any atom is 0.162 e. The van der Waals surface area contributed by atoms with Crippen LogP contribution >= 0.6 is 15.9 Å². The first kappa shape index (κ1) is 13.3. The lowest BCUT2D eigenvalue weighted by Gasteiger charge is -2.26. The minimum absolute atomic E-state index is 0.0719. The van der Waals surface area contributed by atoms with Gasteiger partial charge >= 0.3 is 0 Å². The zero-order chi connectivity index (χ0) is 13.4. The Morgan fingerprint density at radius 2 is 1.89 bits per heavy atom. The lowest BCUT2D eigenvalue weighted by atomic mass is 9.86. The van der Waals surface area contributed by atoms with E-state index in [1.807, 2.05) is 12.1 Å². The number of hydrogen-bond acceptors (Lipinski definition) is 3. The van der Waals surface area contributed by atoms with Crippen molar-refractivity contribution in [2.24, 2.45) is 17.6 Å². The van der Waals surface area contributed by atoms with Gasteiger partial charge in [0.25, 0.3) is 0 Å². The van der Waals surface area contributed by atoms with E-state index in [4.69, 9.17) is 15.2 Å². The topological polar surface area (TPSA) is 44.5 Å². The lowest BCUT2D eigenvalue weighted by molar-refractivity contribution is 0.171. The number of nitrogens with two attached hydrogens (primary N) is 1. The van der Waals surface area contributed by atoms with Crippen LogP contribution in [0.25, 0.3) is 0 Å². The van der Waals surface area contributed by atoms with E-state index in [-0.39, 0.29) is 6.04 Å². The molecule has 2 N–H and O–H groups in total. The Bertz CT molecular complexity index is 477. The van der Waals surface area contributed by atoms with Crippen LogP contribution in [0.2, 0.25) is 0 Å². The van der Waals surface area contributed by atoms with Crippen LogP contribution in [-0.4, -0.2) is 13.2 Å². The third kappa shape index (κ3) is 2.48. The zero-order valence-electron chi connectivity index (χ0n) is 11.2. The van der Waals surface area contributed by atoms with Crippen molar-refractivity contribution in [3.8, 4) is 11.5 Å². The molecule has 3 nitrogen and oxygen atoms in total. The van der Waals surface area contributed by atoms with Gasteiger partial charge in [-0.25, -0.2) is 0 Å². The molecule has 1 fully saturated rings. The highest BCUT2D eigenvalue weighted by Gasteiger charge is 2.31. The summed E-state index contributed by atoms with van der Waals surface area (Å²) in [6, 6.07) is 4.11. The molecule has 3 rings (SSSR count). The van der Waals surface area contributed by atoms with E-state index in [1.165, 1.54) is 19.3 Å². The van der Waals surface area contributed by atoms with Crippen molar-refractivity contribution in [1.29, 1.82) is 0 Å². The predicted octanol–water partition coefficient (Wildman–Crippen LogP) is 3.66. The fourth-order valence-corrected chi connectivity index (χ4v) is 3.86. The molecule has 1 aliphatic heterocycles. The van der Waals surface area contributed by atoms with E-state index in [0.29, 0.717) is 25.0 Å². The lowest BCUT2D eigenvalue weighted by Crippen LogP contribution is -2.24. The third-order valence-electron chi connectivity index (χ3n) is 4.41. The summed E-state index contributed by atoms with van der Waals surface area (Å²) >= 11 is 3.63. The molecule has 104 valence electrons. The average molecular weight is 326 g/mol. The van der Waals surface area contributed by atoms with Crippen molar-refractivity contribution < 1.29 is 9.47 Å². The molecule has 1 heterocycles. The van der Waals surface area contributed by atoms with Crippen molar-refractivity contribution in [2.45, 2.75) is 32.2 Å². The van der Waals surface area contributed by atoms with E-state index < -0.39 is 0 Å². The van der Waals surface area contributed by atoms with Crippen LogP contribution in [0.1, 0.15) is 37.8 Å². The second-order valence-electron chi connectivity index (χ2n) is 5.62. The zero-order valence-corrected chi connectivity index (χ0v) is 12.8. The van der Waals surface area contributed by atoms with Crippen molar-refractivity contribution in [2.75, 3.05) is 13.2 Å². The number of rotatable bonds is 2. The van der Waals surface area contributed by atoms with Crippen molar-refractivity contribution in [3.05, 3.63) is 22.2 Å². The van der Waals surface area contributed by atoms with Crippen molar-refractivity contribution >= 4 is 15.9 Å². The summed E-state index contributed by atoms with van der Waals surface area (Å²) in [6.45, 7) is 3.54. The summed E-state index contributed by atoms with van der Waals surface area (Å²) in [7, 11) is 0. The highest BCUT2D eigenvalue weighted by atomic mass is 79.9. The monoisotopic (exact) mass is 325 g/mol. The van der Waals surface area contributed by atoms with E-state index in [1.54, 1.807) is 0 Å². The van der Waals surface area contributed by atoms with Gasteiger partial charge in [-0.15, -0.1) is 0 Å². The first-order chi connectivity index (χ1) is 9.16. The molecular weight excluding hydrogens is 306 g/mol. The quantitative estimate of drug-likeness (QED) is 0.902. The molecule has 1 saturated carbocycles. The molecule has 0 aromatic heterocycles. The van der Waals surface area contributed by atoms with Crippen molar-refractivity contribution in [1.82, 2.24) is 0 Å². The van der Waals surface area contributed by atoms with Gasteiger partial charge in [0.05, 0.1) is 0 Å². The van der Waals surface area contributed by atoms with Gasteiger partial charge in [-0.3, -0.25) is 0 Å². The Morgan fingerprint density at radius 1 is 1.21 bits per heavy atom. The minimum Gasteiger partial charge on any atom is -0.486 e. The first-order valence-electron chi connectivity index (χ1n) is 7.01. The van der Waals surface area contributed by atoms with Crippen LogP contribution in [-0.2, 0) is 0 Å². The molecule has 1 aromatic rings. The molecule has 1 aromatic carbocycles. The molecule has 0 radical (unpaired) electrons. The smallest absolute Gasteiger partial charge is 0.162 e. The summed E-state index contributed by atoms with van der Waals surface area (Å²) in [5.41, 5.74) is 7.64. The van der Waals surface area contributed by atoms with Gasteiger partial charge in [-0.2, -0.15) is 0 Å². The second kappa shape index (κ2) is 5.33. The SMILES string of the molecule is CC1CCCC1C(N)c1cc2c(cc1Br)OCCO2. The van der Waals surface area contributed by atoms with Gasteiger partial charge in [0.1, 0.15) is 13.2 Å². The Hall–Kier alpha value is -0.740. The van der Waals surface area contributed by atoms with E-state index in [9.17, 15) is 0 Å². The van der Waals surface area contributed by atoms with Crippen LogP contribution in [0.15, 0.2) is 16.6 Å². The summed E-state index contributed by atoms with van der Waals surface area (Å²) in [5.74, 6) is 2.91. The van der Waals surface area contributed by atoms with Gasteiger partial charge in [0, 0.05) is 10.5 Å². The molecule has 4 heteroatoms. The molecule has 0 bridgehead atoms. The Labute approximate surface area is 122 Å². The molecule has 0 saturated heterocycles. The molecule has 0 amide bonds. The second-order valence-corrected chi connectivity index (χ2v) is 6.47. The molecule has 0 spiro atoms. The first-order valence-corrected chi connectivity index (χ1v) is 7.80. The Balaban J connectivity index is 1.91. The fraction of sp³-hybridized carbons (Fsp3) is 0.600. The van der Waals surface area contributed by atoms with Gasteiger partial charge in [-0.1, -0.05) is 35.7 Å². The van der Waals surface area contributed by atoms with E-state index in [2.05, 4.69) is 22.9 Å². The van der Waals surface area contributed by atoms with Crippen LogP contribution in [0, 0.1) is 11.8 Å². The Kier molecular flexibility index (Phi) is 3.72. The maximum absolute atomic E-state index is 6.50. The predicted molar refractivity (Wildman–Crippen MR) is 78.6 cm³/mol. The summed E-state index contributed by atoms with van der Waals surface area (Å²) in [6.07, 6.45) is 3.81. The molecule has 1 aliphatic carbocycles. The summed E-state index contributed by atoms with van der Waals surface area (Å²) < 4.78 is 12.3. The molecule has 3 atom stereocenters. The summed E-state index contributed by atoms with van der Waals surface area (Å²) in [5, 5.41) is 0. The molecular formula is C15H20BrNO2. The fourth-order valence-electron chi connectivity index (χ4n) is 3.27. The molecule has 3 unspecified atom stereocenters. The highest BCUT2D eigenvalue weighted by molar-refractivity contribution is 9.10. The number of ether oxygens (including phenoxy) is 2. The number of fused-ring (bicyclic) bond motifs is 1. The van der Waals surface area contributed by atoms with Crippen LogP contribution in [0.5, 0.6) is 11.5 Å². The number of hydrogen-bond donors (Lipinski definition) is 1.